The van der Waals surface area contributed by atoms with Gasteiger partial charge >= 0.3 is 0 Å². The number of aromatic nitrogens is 2. The van der Waals surface area contributed by atoms with Crippen molar-refractivity contribution in [1.29, 1.82) is 5.41 Å². The average Bonchev–Trinajstić information content (AvgIpc) is 2.79. The van der Waals surface area contributed by atoms with E-state index in [4.69, 9.17) is 21.6 Å². The summed E-state index contributed by atoms with van der Waals surface area (Å²) >= 11 is 0. The Kier molecular flexibility index (Phi) is 5.90. The van der Waals surface area contributed by atoms with Gasteiger partial charge < -0.3 is 16.2 Å². The third-order valence-corrected chi connectivity index (χ3v) is 5.37. The SMILES string of the molecule is COc1cccc(C(=N)N=C(N)CN2CCc3ccc(-c4cncnc4)cc3C2)c1N. The third kappa shape index (κ3) is 4.54. The Balaban J connectivity index is 1.47. The molecule has 0 radical (unpaired) electrons. The Bertz CT molecular complexity index is 1130. The number of aliphatic imine (C=N–C) groups is 1. The predicted octanol–water partition coefficient (Wildman–Crippen LogP) is 2.48. The Morgan fingerprint density at radius 3 is 2.74 bits per heavy atom. The van der Waals surface area contributed by atoms with Gasteiger partial charge in [-0.25, -0.2) is 15.0 Å². The predicted molar refractivity (Wildman–Crippen MR) is 122 cm³/mol. The molecule has 0 spiro atoms. The summed E-state index contributed by atoms with van der Waals surface area (Å²) in [4.78, 5) is 14.7. The van der Waals surface area contributed by atoms with Crippen LogP contribution in [0.15, 0.2) is 60.1 Å². The van der Waals surface area contributed by atoms with Crippen LogP contribution in [0.25, 0.3) is 11.1 Å². The van der Waals surface area contributed by atoms with E-state index < -0.39 is 0 Å². The smallest absolute Gasteiger partial charge is 0.156 e. The maximum atomic E-state index is 8.30. The number of para-hydroxylation sites is 1. The summed E-state index contributed by atoms with van der Waals surface area (Å²) in [7, 11) is 1.54. The zero-order valence-corrected chi connectivity index (χ0v) is 17.4. The molecule has 158 valence electrons. The van der Waals surface area contributed by atoms with Gasteiger partial charge in [0.05, 0.1) is 19.3 Å². The average molecular weight is 416 g/mol. The summed E-state index contributed by atoms with van der Waals surface area (Å²) in [6.07, 6.45) is 6.10. The Labute approximate surface area is 181 Å². The van der Waals surface area contributed by atoms with Gasteiger partial charge in [0.15, 0.2) is 5.84 Å². The molecule has 3 aromatic rings. The number of nitrogens with two attached hydrogens (primary N) is 2. The molecule has 0 aliphatic carbocycles. The van der Waals surface area contributed by atoms with E-state index in [1.807, 2.05) is 12.4 Å². The number of rotatable bonds is 5. The summed E-state index contributed by atoms with van der Waals surface area (Å²) < 4.78 is 5.22. The van der Waals surface area contributed by atoms with Crippen molar-refractivity contribution in [2.24, 2.45) is 10.7 Å². The number of nitrogens with one attached hydrogen (secondary N) is 1. The first-order valence-corrected chi connectivity index (χ1v) is 9.99. The van der Waals surface area contributed by atoms with Crippen molar-refractivity contribution >= 4 is 17.4 Å². The summed E-state index contributed by atoms with van der Waals surface area (Å²) in [5, 5.41) is 8.30. The fraction of sp³-hybridized carbons (Fsp3) is 0.217. The highest BCUT2D eigenvalue weighted by Gasteiger charge is 2.18. The largest absolute Gasteiger partial charge is 0.495 e. The van der Waals surface area contributed by atoms with Crippen LogP contribution in [0.4, 0.5) is 5.69 Å². The van der Waals surface area contributed by atoms with Crippen LogP contribution < -0.4 is 16.2 Å². The van der Waals surface area contributed by atoms with Crippen molar-refractivity contribution < 1.29 is 4.74 Å². The molecule has 0 unspecified atom stereocenters. The number of fused-ring (bicyclic) bond motifs is 1. The van der Waals surface area contributed by atoms with Gasteiger partial charge in [-0.15, -0.1) is 0 Å². The lowest BCUT2D eigenvalue weighted by atomic mass is 9.95. The van der Waals surface area contributed by atoms with Crippen LogP contribution in [-0.2, 0) is 13.0 Å². The minimum Gasteiger partial charge on any atom is -0.495 e. The number of hydrogen-bond donors (Lipinski definition) is 3. The number of hydrogen-bond acceptors (Lipinski definition) is 6. The first-order chi connectivity index (χ1) is 15.0. The lowest BCUT2D eigenvalue weighted by molar-refractivity contribution is 0.289. The second-order valence-electron chi connectivity index (χ2n) is 7.44. The molecule has 0 bridgehead atoms. The van der Waals surface area contributed by atoms with Crippen molar-refractivity contribution in [2.75, 3.05) is 25.9 Å². The van der Waals surface area contributed by atoms with Crippen molar-refractivity contribution in [3.05, 3.63) is 71.8 Å². The lowest BCUT2D eigenvalue weighted by Crippen LogP contribution is -2.38. The first-order valence-electron chi connectivity index (χ1n) is 9.99. The molecule has 4 rings (SSSR count). The minimum absolute atomic E-state index is 0.0256. The molecule has 8 nitrogen and oxygen atoms in total. The lowest BCUT2D eigenvalue weighted by Gasteiger charge is -2.28. The van der Waals surface area contributed by atoms with E-state index in [-0.39, 0.29) is 5.84 Å². The second kappa shape index (κ2) is 8.93. The Morgan fingerprint density at radius 1 is 1.16 bits per heavy atom. The molecule has 0 atom stereocenters. The number of nitrogen functional groups attached to an aromatic ring is 1. The van der Waals surface area contributed by atoms with E-state index in [1.54, 1.807) is 25.3 Å². The van der Waals surface area contributed by atoms with Gasteiger partial charge in [-0.1, -0.05) is 18.2 Å². The van der Waals surface area contributed by atoms with Gasteiger partial charge in [-0.2, -0.15) is 0 Å². The molecule has 31 heavy (non-hydrogen) atoms. The number of anilines is 1. The number of benzene rings is 2. The van der Waals surface area contributed by atoms with E-state index in [0.29, 0.717) is 29.4 Å². The quantitative estimate of drug-likeness (QED) is 0.334. The van der Waals surface area contributed by atoms with E-state index >= 15 is 0 Å². The van der Waals surface area contributed by atoms with Crippen LogP contribution in [-0.4, -0.2) is 46.7 Å². The zero-order valence-electron chi connectivity index (χ0n) is 17.4. The van der Waals surface area contributed by atoms with Crippen LogP contribution in [0, 0.1) is 5.41 Å². The molecular weight excluding hydrogens is 390 g/mol. The molecule has 0 fully saturated rings. The molecule has 1 aromatic heterocycles. The number of amidine groups is 2. The van der Waals surface area contributed by atoms with Crippen molar-refractivity contribution in [3.8, 4) is 16.9 Å². The Morgan fingerprint density at radius 2 is 1.97 bits per heavy atom. The van der Waals surface area contributed by atoms with Gasteiger partial charge in [-0.3, -0.25) is 10.3 Å². The van der Waals surface area contributed by atoms with Crippen molar-refractivity contribution in [3.63, 3.8) is 0 Å². The molecule has 0 amide bonds. The highest BCUT2D eigenvalue weighted by atomic mass is 16.5. The molecule has 8 heteroatoms. The Hall–Kier alpha value is -3.78. The molecule has 0 saturated carbocycles. The van der Waals surface area contributed by atoms with Crippen LogP contribution in [0.1, 0.15) is 16.7 Å². The van der Waals surface area contributed by atoms with Gasteiger partial charge in [-0.05, 0) is 41.3 Å². The topological polar surface area (TPSA) is 126 Å². The van der Waals surface area contributed by atoms with Crippen LogP contribution in [0.5, 0.6) is 5.75 Å². The van der Waals surface area contributed by atoms with Gasteiger partial charge in [0.1, 0.15) is 17.9 Å². The summed E-state index contributed by atoms with van der Waals surface area (Å²) in [6.45, 7) is 2.12. The third-order valence-electron chi connectivity index (χ3n) is 5.37. The first kappa shape index (κ1) is 20.5. The van der Waals surface area contributed by atoms with Gasteiger partial charge in [0, 0.05) is 36.6 Å². The highest BCUT2D eigenvalue weighted by Crippen LogP contribution is 2.26. The van der Waals surface area contributed by atoms with Crippen molar-refractivity contribution in [1.82, 2.24) is 14.9 Å². The highest BCUT2D eigenvalue weighted by molar-refractivity contribution is 6.08. The molecule has 0 saturated heterocycles. The standard InChI is InChI=1S/C23H25N7O/c1-31-20-4-2-3-19(22(20)25)23(26)29-21(24)13-30-8-7-15-5-6-16(9-17(15)12-30)18-10-27-14-28-11-18/h2-6,9-11,14H,7-8,12-13,25H2,1H3,(H3,24,26,29). The molecule has 1 aliphatic rings. The monoisotopic (exact) mass is 415 g/mol. The maximum Gasteiger partial charge on any atom is 0.156 e. The molecular formula is C23H25N7O. The summed E-state index contributed by atoms with van der Waals surface area (Å²) in [6, 6.07) is 11.7. The summed E-state index contributed by atoms with van der Waals surface area (Å²) in [5.74, 6) is 0.921. The van der Waals surface area contributed by atoms with Crippen LogP contribution >= 0.6 is 0 Å². The van der Waals surface area contributed by atoms with Crippen molar-refractivity contribution in [2.45, 2.75) is 13.0 Å². The molecule has 5 N–H and O–H groups in total. The normalized spacial score (nSPS) is 14.2. The van der Waals surface area contributed by atoms with Crippen LogP contribution in [0.3, 0.4) is 0 Å². The molecule has 2 heterocycles. The fourth-order valence-corrected chi connectivity index (χ4v) is 3.78. The van der Waals surface area contributed by atoms with Crippen LogP contribution in [0.2, 0.25) is 0 Å². The minimum atomic E-state index is 0.0256. The second-order valence-corrected chi connectivity index (χ2v) is 7.44. The summed E-state index contributed by atoms with van der Waals surface area (Å²) in [5.41, 5.74) is 17.8. The zero-order chi connectivity index (χ0) is 21.8. The maximum absolute atomic E-state index is 8.30. The fourth-order valence-electron chi connectivity index (χ4n) is 3.78. The van der Waals surface area contributed by atoms with Gasteiger partial charge in [0.25, 0.3) is 0 Å². The van der Waals surface area contributed by atoms with E-state index in [2.05, 4.69) is 38.1 Å². The van der Waals surface area contributed by atoms with E-state index in [1.165, 1.54) is 17.5 Å². The van der Waals surface area contributed by atoms with E-state index in [9.17, 15) is 0 Å². The number of ether oxygens (including phenoxy) is 1. The van der Waals surface area contributed by atoms with Gasteiger partial charge in [0.2, 0.25) is 0 Å². The molecule has 2 aromatic carbocycles. The molecule has 1 aliphatic heterocycles. The number of nitrogens with zero attached hydrogens (tertiary/aromatic N) is 4. The van der Waals surface area contributed by atoms with E-state index in [0.717, 1.165) is 30.6 Å². The number of methoxy groups -OCH3 is 1.